The molecular formula is C79H68N20O7. The van der Waals surface area contributed by atoms with Gasteiger partial charge in [-0.1, -0.05) is 170 Å². The molecule has 0 saturated carbocycles. The molecule has 0 bridgehead atoms. The first-order valence-electron chi connectivity index (χ1n) is 34.3. The molecule has 15 aromatic rings. The van der Waals surface area contributed by atoms with Crippen LogP contribution in [-0.2, 0) is 19.6 Å². The SMILES string of the molecule is Nc1ncnc2c1c(-c1ccc(CNC(=O)c3cc4ccccc4[nH]3)cc1)nn2C1C=CC(O)C1.Nc1ncnc2c1c(-c1ccc(CNC(=O)c3cc4ccccc4o3)cc1)nn2C1C=CC(O)C1.Nc1ncnc2c1c(-c1ccc(CNC(=O)c3nccc4ccccc34)cc1)nn2C1C=CC(O)C1. The van der Waals surface area contributed by atoms with Gasteiger partial charge < -0.3 is 57.9 Å². The highest BCUT2D eigenvalue weighted by molar-refractivity contribution is 6.06. The Hall–Kier alpha value is -13.6. The number of para-hydroxylation sites is 2. The normalized spacial score (nSPS) is 17.3. The predicted molar refractivity (Wildman–Crippen MR) is 402 cm³/mol. The Labute approximate surface area is 602 Å². The number of carbonyl (C=O) groups is 3. The number of benzene rings is 6. The van der Waals surface area contributed by atoms with Gasteiger partial charge in [0.1, 0.15) is 70.5 Å². The van der Waals surface area contributed by atoms with Gasteiger partial charge in [-0.2, -0.15) is 15.3 Å². The van der Waals surface area contributed by atoms with Gasteiger partial charge in [-0.25, -0.2) is 43.9 Å². The lowest BCUT2D eigenvalue weighted by Gasteiger charge is -2.10. The Balaban J connectivity index is 0.000000122. The number of pyridine rings is 1. The Morgan fingerprint density at radius 2 is 0.858 bits per heavy atom. The molecule has 0 radical (unpaired) electrons. The van der Waals surface area contributed by atoms with E-state index in [4.69, 9.17) is 36.9 Å². The van der Waals surface area contributed by atoms with Crippen LogP contribution in [0.25, 0.3) is 99.5 Å². The van der Waals surface area contributed by atoms with Crippen LogP contribution in [0, 0.1) is 0 Å². The molecule has 3 aliphatic carbocycles. The van der Waals surface area contributed by atoms with E-state index in [9.17, 15) is 29.7 Å². The molecule has 0 spiro atoms. The second kappa shape index (κ2) is 28.7. The number of hydrogen-bond donors (Lipinski definition) is 10. The number of nitrogens with two attached hydrogens (primary N) is 3. The van der Waals surface area contributed by atoms with Gasteiger partial charge in [0.05, 0.1) is 52.6 Å². The number of amides is 3. The van der Waals surface area contributed by atoms with E-state index in [0.29, 0.717) is 124 Å². The summed E-state index contributed by atoms with van der Waals surface area (Å²) in [5, 5.41) is 58.7. The van der Waals surface area contributed by atoms with E-state index in [1.165, 1.54) is 19.0 Å². The molecular weight excluding hydrogens is 1340 g/mol. The molecule has 0 aliphatic heterocycles. The molecule has 6 atom stereocenters. The van der Waals surface area contributed by atoms with Crippen molar-refractivity contribution in [2.45, 2.75) is 75.3 Å². The van der Waals surface area contributed by atoms with Gasteiger partial charge in [0.15, 0.2) is 22.7 Å². The lowest BCUT2D eigenvalue weighted by atomic mass is 10.1. The van der Waals surface area contributed by atoms with Crippen LogP contribution in [0.1, 0.15) is 85.6 Å². The number of fused-ring (bicyclic) bond motifs is 6. The van der Waals surface area contributed by atoms with Crippen molar-refractivity contribution in [3.8, 4) is 33.8 Å². The zero-order valence-corrected chi connectivity index (χ0v) is 56.6. The van der Waals surface area contributed by atoms with Crippen LogP contribution in [0.5, 0.6) is 0 Å². The minimum atomic E-state index is -0.504. The fourth-order valence-electron chi connectivity index (χ4n) is 13.6. The molecule has 9 heterocycles. The first-order valence-corrected chi connectivity index (χ1v) is 34.3. The molecule has 6 unspecified atom stereocenters. The van der Waals surface area contributed by atoms with Gasteiger partial charge in [-0.05, 0) is 52.4 Å². The van der Waals surface area contributed by atoms with Gasteiger partial charge in [-0.3, -0.25) is 19.4 Å². The number of nitrogens with one attached hydrogen (secondary N) is 4. The van der Waals surface area contributed by atoms with Crippen LogP contribution in [0.3, 0.4) is 0 Å². The average Bonchev–Trinajstić information content (AvgIpc) is 1.61. The van der Waals surface area contributed by atoms with Crippen LogP contribution in [-0.4, -0.2) is 121 Å². The van der Waals surface area contributed by atoms with Crippen LogP contribution in [0.15, 0.2) is 230 Å². The Kier molecular flexibility index (Phi) is 18.1. The number of anilines is 3. The fraction of sp³-hybridized carbons (Fsp3) is 0.152. The van der Waals surface area contributed by atoms with E-state index in [1.54, 1.807) is 44.5 Å². The smallest absolute Gasteiger partial charge is 0.287 e. The lowest BCUT2D eigenvalue weighted by Crippen LogP contribution is -2.24. The number of rotatable bonds is 15. The molecule has 6 aromatic carbocycles. The number of nitrogen functional groups attached to an aromatic ring is 3. The van der Waals surface area contributed by atoms with Crippen molar-refractivity contribution in [1.82, 2.24) is 85.2 Å². The zero-order chi connectivity index (χ0) is 72.5. The van der Waals surface area contributed by atoms with Gasteiger partial charge in [0.2, 0.25) is 0 Å². The van der Waals surface area contributed by atoms with Crippen LogP contribution >= 0.6 is 0 Å². The van der Waals surface area contributed by atoms with Crippen LogP contribution in [0.2, 0.25) is 0 Å². The Morgan fingerprint density at radius 3 is 1.30 bits per heavy atom. The number of aromatic nitrogens is 14. The average molecular weight is 1410 g/mol. The maximum absolute atomic E-state index is 12.8. The number of carbonyl (C=O) groups excluding carboxylic acids is 3. The molecule has 0 saturated heterocycles. The van der Waals surface area contributed by atoms with Crippen molar-refractivity contribution in [2.24, 2.45) is 0 Å². The summed E-state index contributed by atoms with van der Waals surface area (Å²) in [4.78, 5) is 71.1. The van der Waals surface area contributed by atoms with Gasteiger partial charge in [0.25, 0.3) is 17.7 Å². The predicted octanol–water partition coefficient (Wildman–Crippen LogP) is 10.4. The lowest BCUT2D eigenvalue weighted by molar-refractivity contribution is 0.0922. The molecule has 27 nitrogen and oxygen atoms in total. The second-order valence-electron chi connectivity index (χ2n) is 26.0. The van der Waals surface area contributed by atoms with Gasteiger partial charge in [-0.15, -0.1) is 0 Å². The third-order valence-electron chi connectivity index (χ3n) is 19.0. The van der Waals surface area contributed by atoms with E-state index in [0.717, 1.165) is 60.4 Å². The van der Waals surface area contributed by atoms with E-state index >= 15 is 0 Å². The highest BCUT2D eigenvalue weighted by atomic mass is 16.3. The number of aromatic amines is 1. The summed E-state index contributed by atoms with van der Waals surface area (Å²) >= 11 is 0. The number of aliphatic hydroxyl groups excluding tert-OH is 3. The number of hydrogen-bond acceptors (Lipinski definition) is 20. The van der Waals surface area contributed by atoms with Crippen molar-refractivity contribution in [2.75, 3.05) is 17.2 Å². The number of furan rings is 1. The topological polar surface area (TPSA) is 399 Å². The largest absolute Gasteiger partial charge is 0.451 e. The molecule has 0 fully saturated rings. The van der Waals surface area contributed by atoms with E-state index in [1.807, 2.05) is 176 Å². The fourth-order valence-corrected chi connectivity index (χ4v) is 13.6. The summed E-state index contributed by atoms with van der Waals surface area (Å²) in [6, 6.07) is 51.4. The van der Waals surface area contributed by atoms with Crippen molar-refractivity contribution in [1.29, 1.82) is 0 Å². The van der Waals surface area contributed by atoms with Gasteiger partial charge in [0, 0.05) is 83.5 Å². The highest BCUT2D eigenvalue weighted by Crippen LogP contribution is 2.38. The zero-order valence-electron chi connectivity index (χ0n) is 56.6. The summed E-state index contributed by atoms with van der Waals surface area (Å²) in [6.45, 7) is 1.09. The molecule has 13 N–H and O–H groups in total. The quantitative estimate of drug-likeness (QED) is 0.0426. The summed E-state index contributed by atoms with van der Waals surface area (Å²) in [5.74, 6) is 0.675. The first-order chi connectivity index (χ1) is 51.7. The van der Waals surface area contributed by atoms with Crippen molar-refractivity contribution < 1.29 is 34.1 Å². The molecule has 3 amide bonds. The number of H-pyrrole nitrogens is 1. The van der Waals surface area contributed by atoms with Crippen molar-refractivity contribution in [3.05, 3.63) is 259 Å². The van der Waals surface area contributed by atoms with Crippen LogP contribution < -0.4 is 33.2 Å². The van der Waals surface area contributed by atoms with Crippen molar-refractivity contribution >= 4 is 101 Å². The Bertz CT molecular complexity index is 5630. The molecule has 106 heavy (non-hydrogen) atoms. The molecule has 526 valence electrons. The van der Waals surface area contributed by atoms with Crippen molar-refractivity contribution in [3.63, 3.8) is 0 Å². The monoisotopic (exact) mass is 1410 g/mol. The molecule has 27 heteroatoms. The van der Waals surface area contributed by atoms with Crippen LogP contribution in [0.4, 0.5) is 17.5 Å². The van der Waals surface area contributed by atoms with Gasteiger partial charge >= 0.3 is 0 Å². The maximum atomic E-state index is 12.8. The highest BCUT2D eigenvalue weighted by Gasteiger charge is 2.29. The molecule has 18 rings (SSSR count). The summed E-state index contributed by atoms with van der Waals surface area (Å²) < 4.78 is 11.0. The number of nitrogens with zero attached hydrogens (tertiary/aromatic N) is 13. The maximum Gasteiger partial charge on any atom is 0.287 e. The molecule has 9 aromatic heterocycles. The minimum Gasteiger partial charge on any atom is -0.451 e. The first kappa shape index (κ1) is 66.9. The summed E-state index contributed by atoms with van der Waals surface area (Å²) in [5.41, 5.74) is 30.5. The standard InChI is InChI=1S/C27H23N7O2.C26H23N7O2.C26H22N6O3/c28-25-22-23(33-34(26(22)32-15-31-25)19-9-10-20(35)13-19)18-7-5-16(6-8-18)14-30-27(36)24-21-4-2-1-3-17(21)11-12-29-24;27-24-22-23(32-33(25(22)30-14-29-24)18-9-10-19(34)12-18)16-7-5-15(6-8-16)13-28-26(35)21-11-17-3-1-2-4-20(17)31-21;27-24-22-23(31-32(25(22)30-14-29-24)18-9-10-19(33)12-18)16-7-5-15(6-8-16)13-28-26(34)21-11-17-3-1-2-4-20(17)35-21/h1-12,15,19-20,35H,13-14H2,(H,30,36)(H2,28,31,32);1-11,14,18-19,31,34H,12-13H2,(H,28,35)(H2,27,29,30);1-11,14,18-19,33H,12-13H2,(H,28,34)(H2,27,29,30). The number of allylic oxidation sites excluding steroid dienone is 3. The van der Waals surface area contributed by atoms with E-state index in [2.05, 4.69) is 55.8 Å². The molecule has 3 aliphatic rings. The van der Waals surface area contributed by atoms with E-state index in [-0.39, 0.29) is 41.6 Å². The Morgan fingerprint density at radius 1 is 0.443 bits per heavy atom. The second-order valence-corrected chi connectivity index (χ2v) is 26.0. The summed E-state index contributed by atoms with van der Waals surface area (Å²) in [7, 11) is 0. The number of aliphatic hydroxyl groups is 3. The minimum absolute atomic E-state index is 0.102. The van der Waals surface area contributed by atoms with E-state index < -0.39 is 18.3 Å². The third kappa shape index (κ3) is 13.5. The summed E-state index contributed by atoms with van der Waals surface area (Å²) in [6.07, 6.45) is 17.1. The third-order valence-corrected chi connectivity index (χ3v) is 19.0.